The standard InChI is InChI=1S/C33H22ClN3O6/c34-19-15-13-18(14-16-19)26(38)17-35(31(39)24-11-5-6-12-25(24)37(42)43)36-32(40)29-27-20-7-1-2-8-21(20)28(30(29)33(36)41)23-10-4-3-9-22(23)27/h1-16,27-30H,17H2/t27?,28?,29-,30+. The normalized spacial score (nSPS) is 21.2. The monoisotopic (exact) mass is 591 g/mol. The molecule has 2 atom stereocenters. The number of nitro benzene ring substituents is 1. The molecule has 3 aliphatic carbocycles. The quantitative estimate of drug-likeness (QED) is 0.129. The molecule has 0 unspecified atom stereocenters. The Hall–Kier alpha value is -5.15. The first-order chi connectivity index (χ1) is 20.8. The van der Waals surface area contributed by atoms with Crippen molar-refractivity contribution in [1.82, 2.24) is 10.0 Å². The molecule has 0 radical (unpaired) electrons. The molecule has 0 aromatic heterocycles. The first-order valence-corrected chi connectivity index (χ1v) is 14.0. The minimum atomic E-state index is -1.00. The maximum absolute atomic E-state index is 14.4. The van der Waals surface area contributed by atoms with Crippen molar-refractivity contribution < 1.29 is 24.1 Å². The lowest BCUT2D eigenvalue weighted by molar-refractivity contribution is -0.385. The Bertz CT molecular complexity index is 1760. The van der Waals surface area contributed by atoms with Crippen LogP contribution in [-0.4, -0.2) is 45.0 Å². The second kappa shape index (κ2) is 9.99. The molecule has 212 valence electrons. The van der Waals surface area contributed by atoms with E-state index >= 15 is 0 Å². The number of rotatable bonds is 6. The van der Waals surface area contributed by atoms with Gasteiger partial charge in [-0.2, -0.15) is 5.01 Å². The lowest BCUT2D eigenvalue weighted by Crippen LogP contribution is -2.52. The molecule has 9 nitrogen and oxygen atoms in total. The van der Waals surface area contributed by atoms with Gasteiger partial charge in [-0.15, -0.1) is 0 Å². The first kappa shape index (κ1) is 26.7. The molecule has 0 N–H and O–H groups in total. The van der Waals surface area contributed by atoms with Crippen molar-refractivity contribution in [3.63, 3.8) is 0 Å². The summed E-state index contributed by atoms with van der Waals surface area (Å²) in [6.45, 7) is -0.696. The molecule has 1 heterocycles. The van der Waals surface area contributed by atoms with Crippen molar-refractivity contribution in [3.8, 4) is 0 Å². The Balaban J connectivity index is 1.35. The number of benzene rings is 4. The Morgan fingerprint density at radius 3 is 1.70 bits per heavy atom. The van der Waals surface area contributed by atoms with Gasteiger partial charge in [0.25, 0.3) is 23.4 Å². The predicted octanol–water partition coefficient (Wildman–Crippen LogP) is 5.38. The highest BCUT2D eigenvalue weighted by Gasteiger charge is 2.63. The number of hydrogen-bond acceptors (Lipinski definition) is 6. The third-order valence-electron chi connectivity index (χ3n) is 8.69. The van der Waals surface area contributed by atoms with Crippen LogP contribution in [0.25, 0.3) is 0 Å². The summed E-state index contributed by atoms with van der Waals surface area (Å²) >= 11 is 5.98. The maximum Gasteiger partial charge on any atom is 0.282 e. The smallest absolute Gasteiger partial charge is 0.282 e. The first-order valence-electron chi connectivity index (χ1n) is 13.7. The van der Waals surface area contributed by atoms with Gasteiger partial charge in [0.1, 0.15) is 12.1 Å². The molecule has 4 aliphatic rings. The van der Waals surface area contributed by atoms with Crippen LogP contribution < -0.4 is 0 Å². The van der Waals surface area contributed by atoms with Crippen LogP contribution in [0.4, 0.5) is 5.69 Å². The molecular formula is C33H22ClN3O6. The number of carbonyl (C=O) groups excluding carboxylic acids is 4. The summed E-state index contributed by atoms with van der Waals surface area (Å²) in [6.07, 6.45) is 0. The van der Waals surface area contributed by atoms with Gasteiger partial charge in [-0.3, -0.25) is 29.3 Å². The number of nitro groups is 1. The van der Waals surface area contributed by atoms with Gasteiger partial charge >= 0.3 is 0 Å². The van der Waals surface area contributed by atoms with Crippen LogP contribution in [0.2, 0.25) is 5.02 Å². The average molecular weight is 592 g/mol. The zero-order valence-electron chi connectivity index (χ0n) is 22.4. The fourth-order valence-electron chi connectivity index (χ4n) is 6.95. The van der Waals surface area contributed by atoms with E-state index in [1.54, 1.807) is 0 Å². The van der Waals surface area contributed by atoms with Gasteiger partial charge in [0.15, 0.2) is 5.78 Å². The molecule has 3 amide bonds. The van der Waals surface area contributed by atoms with Crippen LogP contribution in [0.5, 0.6) is 0 Å². The average Bonchev–Trinajstić information content (AvgIpc) is 3.29. The molecule has 0 saturated carbocycles. The fourth-order valence-corrected chi connectivity index (χ4v) is 7.07. The van der Waals surface area contributed by atoms with Gasteiger partial charge < -0.3 is 0 Å². The lowest BCUT2D eigenvalue weighted by Gasteiger charge is -2.45. The largest absolute Gasteiger partial charge is 0.292 e. The molecule has 1 saturated heterocycles. The number of halogens is 1. The number of imide groups is 1. The zero-order valence-corrected chi connectivity index (χ0v) is 23.2. The molecule has 2 bridgehead atoms. The van der Waals surface area contributed by atoms with E-state index < -0.39 is 64.3 Å². The third-order valence-corrected chi connectivity index (χ3v) is 8.94. The Morgan fingerprint density at radius 2 is 1.21 bits per heavy atom. The van der Waals surface area contributed by atoms with Crippen molar-refractivity contribution in [1.29, 1.82) is 0 Å². The molecule has 0 spiro atoms. The van der Waals surface area contributed by atoms with Gasteiger partial charge in [0, 0.05) is 28.5 Å². The summed E-state index contributed by atoms with van der Waals surface area (Å²) in [5, 5.41) is 13.8. The summed E-state index contributed by atoms with van der Waals surface area (Å²) in [5.41, 5.74) is 3.14. The van der Waals surface area contributed by atoms with Gasteiger partial charge in [-0.25, -0.2) is 5.01 Å². The number of Topliss-reactive ketones (excluding diaryl/α,β-unsaturated/α-hetero) is 1. The summed E-state index contributed by atoms with van der Waals surface area (Å²) in [5.74, 6) is -5.30. The summed E-state index contributed by atoms with van der Waals surface area (Å²) in [6, 6.07) is 26.6. The fraction of sp³-hybridized carbons (Fsp3) is 0.152. The molecular weight excluding hydrogens is 570 g/mol. The molecule has 1 aliphatic heterocycles. The molecule has 4 aromatic carbocycles. The number of para-hydroxylation sites is 1. The summed E-state index contributed by atoms with van der Waals surface area (Å²) < 4.78 is 0. The number of hydrogen-bond donors (Lipinski definition) is 0. The van der Waals surface area contributed by atoms with Crippen molar-refractivity contribution in [3.05, 3.63) is 146 Å². The maximum atomic E-state index is 14.4. The van der Waals surface area contributed by atoms with Crippen LogP contribution in [0.15, 0.2) is 97.1 Å². The van der Waals surface area contributed by atoms with Crippen LogP contribution in [0.3, 0.4) is 0 Å². The second-order valence-corrected chi connectivity index (χ2v) is 11.3. The molecule has 10 heteroatoms. The highest BCUT2D eigenvalue weighted by Crippen LogP contribution is 2.61. The zero-order chi connectivity index (χ0) is 30.0. The van der Waals surface area contributed by atoms with Crippen molar-refractivity contribution >= 4 is 40.8 Å². The third kappa shape index (κ3) is 3.99. The highest BCUT2D eigenvalue weighted by atomic mass is 35.5. The van der Waals surface area contributed by atoms with Crippen molar-refractivity contribution in [2.45, 2.75) is 11.8 Å². The lowest BCUT2D eigenvalue weighted by atomic mass is 9.55. The van der Waals surface area contributed by atoms with Crippen LogP contribution in [0, 0.1) is 22.0 Å². The Kier molecular flexibility index (Phi) is 6.21. The van der Waals surface area contributed by atoms with E-state index in [1.807, 2.05) is 48.5 Å². The number of ketones is 1. The summed E-state index contributed by atoms with van der Waals surface area (Å²) in [4.78, 5) is 67.4. The van der Waals surface area contributed by atoms with E-state index in [9.17, 15) is 29.3 Å². The van der Waals surface area contributed by atoms with Crippen molar-refractivity contribution in [2.24, 2.45) is 11.8 Å². The van der Waals surface area contributed by atoms with E-state index in [0.717, 1.165) is 38.3 Å². The topological polar surface area (TPSA) is 118 Å². The Labute approximate surface area is 250 Å². The second-order valence-electron chi connectivity index (χ2n) is 10.8. The molecule has 8 rings (SSSR count). The number of hydrazine groups is 1. The Morgan fingerprint density at radius 1 is 0.744 bits per heavy atom. The highest BCUT2D eigenvalue weighted by molar-refractivity contribution is 6.30. The van der Waals surface area contributed by atoms with Gasteiger partial charge in [0.2, 0.25) is 0 Å². The van der Waals surface area contributed by atoms with Gasteiger partial charge in [-0.1, -0.05) is 72.3 Å². The van der Waals surface area contributed by atoms with Crippen LogP contribution >= 0.6 is 11.6 Å². The van der Waals surface area contributed by atoms with E-state index in [4.69, 9.17) is 11.6 Å². The predicted molar refractivity (Wildman–Crippen MR) is 155 cm³/mol. The SMILES string of the molecule is O=C(CN(C(=O)c1ccccc1[N+](=O)[O-])N1C(=O)[C@@H]2C3c4ccccc4C(c4ccccc43)[C@@H]2C1=O)c1ccc(Cl)cc1. The van der Waals surface area contributed by atoms with E-state index in [-0.39, 0.29) is 11.1 Å². The van der Waals surface area contributed by atoms with Crippen LogP contribution in [-0.2, 0) is 9.59 Å². The van der Waals surface area contributed by atoms with Gasteiger partial charge in [-0.05, 0) is 52.6 Å². The van der Waals surface area contributed by atoms with Crippen molar-refractivity contribution in [2.75, 3.05) is 6.54 Å². The molecule has 4 aromatic rings. The van der Waals surface area contributed by atoms with E-state index in [1.165, 1.54) is 42.5 Å². The van der Waals surface area contributed by atoms with Crippen LogP contribution in [0.1, 0.15) is 54.8 Å². The molecule has 43 heavy (non-hydrogen) atoms. The van der Waals surface area contributed by atoms with E-state index in [0.29, 0.717) is 5.02 Å². The van der Waals surface area contributed by atoms with Gasteiger partial charge in [0.05, 0.1) is 16.8 Å². The minimum absolute atomic E-state index is 0.196. The number of amides is 3. The van der Waals surface area contributed by atoms with E-state index in [2.05, 4.69) is 0 Å². The minimum Gasteiger partial charge on any atom is -0.292 e. The number of carbonyl (C=O) groups is 4. The summed E-state index contributed by atoms with van der Waals surface area (Å²) in [7, 11) is 0. The number of nitrogens with zero attached hydrogens (tertiary/aromatic N) is 3. The molecule has 1 fully saturated rings.